The molecule has 2 N–H and O–H groups in total. The second kappa shape index (κ2) is 10.3. The number of hydrogen-bond acceptors (Lipinski definition) is 6. The van der Waals surface area contributed by atoms with Crippen LogP contribution in [0.5, 0.6) is 11.5 Å². The molecule has 0 spiro atoms. The van der Waals surface area contributed by atoms with Crippen molar-refractivity contribution in [1.29, 1.82) is 0 Å². The molecule has 0 aliphatic heterocycles. The number of aromatic nitrogens is 2. The maximum Gasteiger partial charge on any atom is 0.314 e. The molecule has 0 aliphatic rings. The van der Waals surface area contributed by atoms with Gasteiger partial charge in [0.05, 0.1) is 31.6 Å². The van der Waals surface area contributed by atoms with E-state index in [2.05, 4.69) is 15.7 Å². The first-order valence-corrected chi connectivity index (χ1v) is 9.12. The van der Waals surface area contributed by atoms with E-state index in [4.69, 9.17) is 9.47 Å². The molecule has 0 saturated carbocycles. The Morgan fingerprint density at radius 2 is 1.68 bits per heavy atom. The molecule has 1 aromatic heterocycles. The number of carbonyl (C=O) groups excluding carboxylic acids is 2. The highest BCUT2D eigenvalue weighted by Gasteiger charge is 2.16. The Kier molecular flexibility index (Phi) is 7.82. The summed E-state index contributed by atoms with van der Waals surface area (Å²) in [5.41, 5.74) is 0.898. The molecule has 0 fully saturated rings. The third kappa shape index (κ3) is 6.27. The fraction of sp³-hybridized carbons (Fsp3) is 0.421. The van der Waals surface area contributed by atoms with E-state index < -0.39 is 11.8 Å². The molecule has 0 radical (unpaired) electrons. The van der Waals surface area contributed by atoms with E-state index in [0.717, 1.165) is 6.54 Å². The number of ether oxygens (including phenoxy) is 2. The molecule has 9 heteroatoms. The molecule has 9 nitrogen and oxygen atoms in total. The van der Waals surface area contributed by atoms with Crippen LogP contribution in [-0.2, 0) is 16.1 Å². The zero-order chi connectivity index (χ0) is 20.5. The number of nitrogens with zero attached hydrogens (tertiary/aromatic N) is 3. The molecule has 28 heavy (non-hydrogen) atoms. The molecule has 2 aromatic rings. The van der Waals surface area contributed by atoms with Gasteiger partial charge in [-0.3, -0.25) is 14.3 Å². The zero-order valence-electron chi connectivity index (χ0n) is 16.7. The fourth-order valence-corrected chi connectivity index (χ4v) is 2.36. The Balaban J connectivity index is 1.96. The third-order valence-electron chi connectivity index (χ3n) is 3.67. The molecular formula is C19H27N5O4. The van der Waals surface area contributed by atoms with E-state index in [1.165, 1.54) is 6.20 Å². The second-order valence-corrected chi connectivity index (χ2v) is 6.23. The van der Waals surface area contributed by atoms with Gasteiger partial charge < -0.3 is 25.0 Å². The molecule has 0 bridgehead atoms. The van der Waals surface area contributed by atoms with Crippen molar-refractivity contribution in [2.75, 3.05) is 44.5 Å². The van der Waals surface area contributed by atoms with Crippen LogP contribution in [0.4, 0.5) is 11.4 Å². The van der Waals surface area contributed by atoms with E-state index in [1.807, 2.05) is 32.8 Å². The van der Waals surface area contributed by atoms with Crippen molar-refractivity contribution in [1.82, 2.24) is 14.7 Å². The summed E-state index contributed by atoms with van der Waals surface area (Å²) in [7, 11) is 3.93. The summed E-state index contributed by atoms with van der Waals surface area (Å²) >= 11 is 0. The zero-order valence-corrected chi connectivity index (χ0v) is 16.7. The van der Waals surface area contributed by atoms with Gasteiger partial charge in [0, 0.05) is 24.5 Å². The number of hydrogen-bond donors (Lipinski definition) is 2. The molecule has 0 atom stereocenters. The number of anilines is 2. The fourth-order valence-electron chi connectivity index (χ4n) is 2.36. The lowest BCUT2D eigenvalue weighted by atomic mass is 10.2. The van der Waals surface area contributed by atoms with Gasteiger partial charge in [0.1, 0.15) is 0 Å². The minimum absolute atomic E-state index is 0.439. The van der Waals surface area contributed by atoms with E-state index in [0.29, 0.717) is 42.6 Å². The lowest BCUT2D eigenvalue weighted by molar-refractivity contribution is -0.133. The summed E-state index contributed by atoms with van der Waals surface area (Å²) in [5.74, 6) is -0.478. The standard InChI is InChI=1S/C19H27N5O4/c1-5-27-16-8-7-14(11-17(16)28-6-2)21-18(25)19(26)22-15-12-20-24(13-15)10-9-23(3)4/h7-8,11-13H,5-6,9-10H2,1-4H3,(H,21,25)(H,22,26). The lowest BCUT2D eigenvalue weighted by Crippen LogP contribution is -2.29. The Morgan fingerprint density at radius 3 is 2.32 bits per heavy atom. The Morgan fingerprint density at radius 1 is 1.04 bits per heavy atom. The number of nitrogens with one attached hydrogen (secondary N) is 2. The highest BCUT2D eigenvalue weighted by Crippen LogP contribution is 2.30. The molecule has 1 aromatic carbocycles. The first kappa shape index (κ1) is 21.2. The van der Waals surface area contributed by atoms with E-state index in [9.17, 15) is 9.59 Å². The topological polar surface area (TPSA) is 97.7 Å². The molecule has 0 unspecified atom stereocenters. The summed E-state index contributed by atoms with van der Waals surface area (Å²) in [6.07, 6.45) is 3.18. The van der Waals surface area contributed by atoms with Crippen LogP contribution in [0.25, 0.3) is 0 Å². The van der Waals surface area contributed by atoms with Gasteiger partial charge in [-0.15, -0.1) is 0 Å². The van der Waals surface area contributed by atoms with Gasteiger partial charge in [0.2, 0.25) is 0 Å². The summed E-state index contributed by atoms with van der Waals surface area (Å²) in [5, 5.41) is 9.25. The van der Waals surface area contributed by atoms with Crippen molar-refractivity contribution in [2.24, 2.45) is 0 Å². The molecule has 1 heterocycles. The molecule has 0 aliphatic carbocycles. The van der Waals surface area contributed by atoms with Crippen molar-refractivity contribution >= 4 is 23.2 Å². The van der Waals surface area contributed by atoms with Crippen LogP contribution in [0, 0.1) is 0 Å². The van der Waals surface area contributed by atoms with Crippen molar-refractivity contribution in [3.8, 4) is 11.5 Å². The minimum atomic E-state index is -0.785. The van der Waals surface area contributed by atoms with Crippen LogP contribution in [0.3, 0.4) is 0 Å². The van der Waals surface area contributed by atoms with Gasteiger partial charge in [-0.05, 0) is 40.1 Å². The Labute approximate surface area is 164 Å². The van der Waals surface area contributed by atoms with Crippen LogP contribution < -0.4 is 20.1 Å². The predicted octanol–water partition coefficient (Wildman–Crippen LogP) is 1.82. The maximum atomic E-state index is 12.2. The van der Waals surface area contributed by atoms with Gasteiger partial charge in [-0.25, -0.2) is 0 Å². The predicted molar refractivity (Wildman–Crippen MR) is 107 cm³/mol. The van der Waals surface area contributed by atoms with Crippen LogP contribution in [-0.4, -0.2) is 60.3 Å². The van der Waals surface area contributed by atoms with Gasteiger partial charge in [0.25, 0.3) is 0 Å². The number of rotatable bonds is 9. The molecular weight excluding hydrogens is 362 g/mol. The smallest absolute Gasteiger partial charge is 0.314 e. The number of likely N-dealkylation sites (N-methyl/N-ethyl adjacent to an activating group) is 1. The van der Waals surface area contributed by atoms with Crippen molar-refractivity contribution in [3.63, 3.8) is 0 Å². The van der Waals surface area contributed by atoms with Gasteiger partial charge in [-0.2, -0.15) is 5.10 Å². The quantitative estimate of drug-likeness (QED) is 0.635. The van der Waals surface area contributed by atoms with Gasteiger partial charge in [-0.1, -0.05) is 0 Å². The second-order valence-electron chi connectivity index (χ2n) is 6.23. The number of benzene rings is 1. The van der Waals surface area contributed by atoms with Crippen LogP contribution in [0.15, 0.2) is 30.6 Å². The Bertz CT molecular complexity index is 803. The van der Waals surface area contributed by atoms with E-state index in [-0.39, 0.29) is 0 Å². The number of carbonyl (C=O) groups is 2. The summed E-state index contributed by atoms with van der Waals surface area (Å²) in [6, 6.07) is 4.97. The normalized spacial score (nSPS) is 10.6. The monoisotopic (exact) mass is 389 g/mol. The minimum Gasteiger partial charge on any atom is -0.490 e. The Hall–Kier alpha value is -3.07. The molecule has 0 saturated heterocycles. The average Bonchev–Trinajstić information content (AvgIpc) is 3.10. The number of amides is 2. The van der Waals surface area contributed by atoms with E-state index >= 15 is 0 Å². The van der Waals surface area contributed by atoms with Crippen LogP contribution in [0.1, 0.15) is 13.8 Å². The first-order valence-electron chi connectivity index (χ1n) is 9.12. The average molecular weight is 389 g/mol. The summed E-state index contributed by atoms with van der Waals surface area (Å²) in [4.78, 5) is 26.4. The summed E-state index contributed by atoms with van der Waals surface area (Å²) in [6.45, 7) is 6.18. The lowest BCUT2D eigenvalue weighted by Gasteiger charge is -2.12. The van der Waals surface area contributed by atoms with Gasteiger partial charge in [0.15, 0.2) is 11.5 Å². The van der Waals surface area contributed by atoms with Gasteiger partial charge >= 0.3 is 11.8 Å². The first-order chi connectivity index (χ1) is 13.4. The van der Waals surface area contributed by atoms with Crippen molar-refractivity contribution in [2.45, 2.75) is 20.4 Å². The van der Waals surface area contributed by atoms with Crippen molar-refractivity contribution in [3.05, 3.63) is 30.6 Å². The third-order valence-corrected chi connectivity index (χ3v) is 3.67. The van der Waals surface area contributed by atoms with Crippen LogP contribution in [0.2, 0.25) is 0 Å². The van der Waals surface area contributed by atoms with Crippen molar-refractivity contribution < 1.29 is 19.1 Å². The highest BCUT2D eigenvalue weighted by molar-refractivity contribution is 6.43. The molecule has 2 amide bonds. The van der Waals surface area contributed by atoms with E-state index in [1.54, 1.807) is 29.1 Å². The summed E-state index contributed by atoms with van der Waals surface area (Å²) < 4.78 is 12.7. The molecule has 2 rings (SSSR count). The largest absolute Gasteiger partial charge is 0.490 e. The highest BCUT2D eigenvalue weighted by atomic mass is 16.5. The molecule has 152 valence electrons. The SMILES string of the molecule is CCOc1ccc(NC(=O)C(=O)Nc2cnn(CCN(C)C)c2)cc1OCC. The van der Waals surface area contributed by atoms with Crippen LogP contribution >= 0.6 is 0 Å². The maximum absolute atomic E-state index is 12.2.